The maximum absolute atomic E-state index is 13.0. The monoisotopic (exact) mass is 434 g/mol. The number of nitrogens with one attached hydrogen (secondary N) is 2. The molecule has 2 fully saturated rings. The second-order valence-electron chi connectivity index (χ2n) is 8.52. The van der Waals surface area contributed by atoms with E-state index in [1.807, 2.05) is 12.1 Å². The van der Waals surface area contributed by atoms with Gasteiger partial charge in [0.25, 0.3) is 5.91 Å². The number of rotatable bonds is 6. The number of hydrogen-bond acceptors (Lipinski definition) is 7. The molecule has 1 aromatic carbocycles. The maximum atomic E-state index is 13.0. The molecule has 2 saturated carbocycles. The smallest absolute Gasteiger partial charge is 0.250 e. The van der Waals surface area contributed by atoms with E-state index < -0.39 is 0 Å². The van der Waals surface area contributed by atoms with Crippen molar-refractivity contribution in [3.8, 4) is 5.75 Å². The predicted octanol–water partition coefficient (Wildman–Crippen LogP) is 4.15. The number of ether oxygens (including phenoxy) is 1. The fourth-order valence-electron chi connectivity index (χ4n) is 4.23. The van der Waals surface area contributed by atoms with Gasteiger partial charge < -0.3 is 15.4 Å². The average Bonchev–Trinajstić information content (AvgIpc) is 3.59. The van der Waals surface area contributed by atoms with Crippen LogP contribution in [0.1, 0.15) is 49.7 Å². The second-order valence-corrected chi connectivity index (χ2v) is 8.52. The Hall–Kier alpha value is -3.49. The normalized spacial score (nSPS) is 16.7. The summed E-state index contributed by atoms with van der Waals surface area (Å²) in [4.78, 5) is 33.4. The molecule has 1 amide bonds. The maximum Gasteiger partial charge on any atom is 0.250 e. The first-order valence-electron chi connectivity index (χ1n) is 11.1. The molecule has 0 aliphatic heterocycles. The number of nitrogens with zero attached hydrogens (tertiary/aromatic N) is 4. The van der Waals surface area contributed by atoms with Crippen LogP contribution in [-0.4, -0.2) is 38.7 Å². The zero-order chi connectivity index (χ0) is 22.1. The molecule has 0 unspecified atom stereocenters. The van der Waals surface area contributed by atoms with Crippen molar-refractivity contribution in [2.75, 3.05) is 17.7 Å². The molecule has 0 spiro atoms. The molecule has 0 saturated heterocycles. The molecule has 0 bridgehead atoms. The van der Waals surface area contributed by atoms with E-state index in [2.05, 4.69) is 25.7 Å². The highest BCUT2D eigenvalue weighted by molar-refractivity contribution is 5.95. The lowest BCUT2D eigenvalue weighted by molar-refractivity contribution is -0.117. The van der Waals surface area contributed by atoms with E-state index in [1.54, 1.807) is 19.4 Å². The van der Waals surface area contributed by atoms with Gasteiger partial charge in [0.15, 0.2) is 0 Å². The third kappa shape index (κ3) is 4.15. The molecule has 2 aliphatic rings. The number of fused-ring (bicyclic) bond motifs is 1. The molecule has 3 aromatic rings. The highest BCUT2D eigenvalue weighted by atomic mass is 16.5. The second kappa shape index (κ2) is 8.57. The molecule has 2 aliphatic carbocycles. The molecule has 166 valence electrons. The zero-order valence-corrected chi connectivity index (χ0v) is 18.0. The van der Waals surface area contributed by atoms with Crippen LogP contribution in [-0.2, 0) is 4.79 Å². The van der Waals surface area contributed by atoms with Gasteiger partial charge in [0, 0.05) is 29.4 Å². The zero-order valence-electron chi connectivity index (χ0n) is 18.0. The van der Waals surface area contributed by atoms with Crippen LogP contribution in [0.3, 0.4) is 0 Å². The first kappa shape index (κ1) is 20.4. The standard InChI is InChI=1S/C23H26N6O3/c1-32-19-10-18-16(12-26-29(18)23(31)15-5-3-2-4-6-15)9-17(19)27-20-11-21(25-13-24-20)28-22(30)14-7-8-14/h9-15H,2-8H2,1H3,(H2,24,25,27,28,30). The van der Waals surface area contributed by atoms with E-state index >= 15 is 0 Å². The fraction of sp³-hybridized carbons (Fsp3) is 0.435. The highest BCUT2D eigenvalue weighted by Gasteiger charge is 2.30. The molecule has 2 heterocycles. The van der Waals surface area contributed by atoms with Crippen molar-refractivity contribution >= 4 is 40.0 Å². The molecule has 9 heteroatoms. The SMILES string of the molecule is COc1cc2c(cnn2C(=O)C2CCCCC2)cc1Nc1cc(NC(=O)C2CC2)ncn1. The van der Waals surface area contributed by atoms with Gasteiger partial charge in [-0.25, -0.2) is 9.97 Å². The Morgan fingerprint density at radius 3 is 2.53 bits per heavy atom. The summed E-state index contributed by atoms with van der Waals surface area (Å²) in [6.07, 6.45) is 10.2. The summed E-state index contributed by atoms with van der Waals surface area (Å²) in [5.41, 5.74) is 1.41. The largest absolute Gasteiger partial charge is 0.494 e. The summed E-state index contributed by atoms with van der Waals surface area (Å²) < 4.78 is 7.09. The first-order valence-corrected chi connectivity index (χ1v) is 11.1. The van der Waals surface area contributed by atoms with Gasteiger partial charge in [-0.15, -0.1) is 0 Å². The number of carbonyl (C=O) groups excluding carboxylic acids is 2. The molecule has 2 aromatic heterocycles. The molecular weight excluding hydrogens is 408 g/mol. The van der Waals surface area contributed by atoms with E-state index in [1.165, 1.54) is 17.4 Å². The summed E-state index contributed by atoms with van der Waals surface area (Å²) in [7, 11) is 1.58. The van der Waals surface area contributed by atoms with E-state index in [4.69, 9.17) is 4.74 Å². The summed E-state index contributed by atoms with van der Waals surface area (Å²) in [5.74, 6) is 1.70. The molecule has 5 rings (SSSR count). The lowest BCUT2D eigenvalue weighted by Gasteiger charge is -2.20. The van der Waals surface area contributed by atoms with Crippen LogP contribution >= 0.6 is 0 Å². The van der Waals surface area contributed by atoms with Crippen molar-refractivity contribution in [2.45, 2.75) is 44.9 Å². The number of anilines is 3. The van der Waals surface area contributed by atoms with Crippen molar-refractivity contribution in [1.82, 2.24) is 19.7 Å². The van der Waals surface area contributed by atoms with Gasteiger partial charge in [-0.1, -0.05) is 19.3 Å². The molecular formula is C23H26N6O3. The summed E-state index contributed by atoms with van der Waals surface area (Å²) in [5, 5.41) is 11.3. The van der Waals surface area contributed by atoms with Crippen LogP contribution in [0.15, 0.2) is 30.7 Å². The lowest BCUT2D eigenvalue weighted by Crippen LogP contribution is -2.24. The summed E-state index contributed by atoms with van der Waals surface area (Å²) in [6, 6.07) is 5.39. The van der Waals surface area contributed by atoms with Crippen molar-refractivity contribution in [1.29, 1.82) is 0 Å². The van der Waals surface area contributed by atoms with Gasteiger partial charge in [-0.05, 0) is 31.7 Å². The molecule has 2 N–H and O–H groups in total. The minimum atomic E-state index is -0.0105. The van der Waals surface area contributed by atoms with Gasteiger partial charge in [0.2, 0.25) is 5.91 Å². The van der Waals surface area contributed by atoms with Crippen LogP contribution < -0.4 is 15.4 Å². The van der Waals surface area contributed by atoms with Gasteiger partial charge in [0.1, 0.15) is 23.7 Å². The van der Waals surface area contributed by atoms with Gasteiger partial charge >= 0.3 is 0 Å². The minimum absolute atomic E-state index is 0.0105. The van der Waals surface area contributed by atoms with Crippen molar-refractivity contribution in [2.24, 2.45) is 11.8 Å². The topological polar surface area (TPSA) is 111 Å². The average molecular weight is 435 g/mol. The number of hydrogen-bond donors (Lipinski definition) is 2. The minimum Gasteiger partial charge on any atom is -0.494 e. The third-order valence-corrected chi connectivity index (χ3v) is 6.18. The van der Waals surface area contributed by atoms with Gasteiger partial charge in [-0.3, -0.25) is 9.59 Å². The Labute approximate surface area is 185 Å². The number of benzene rings is 1. The molecule has 0 atom stereocenters. The molecule has 9 nitrogen and oxygen atoms in total. The van der Waals surface area contributed by atoms with E-state index in [0.29, 0.717) is 23.1 Å². The Kier molecular flexibility index (Phi) is 5.46. The van der Waals surface area contributed by atoms with Crippen molar-refractivity contribution in [3.05, 3.63) is 30.7 Å². The number of amides is 1. The van der Waals surface area contributed by atoms with Crippen LogP contribution in [0.2, 0.25) is 0 Å². The van der Waals surface area contributed by atoms with Crippen LogP contribution in [0.5, 0.6) is 5.75 Å². The Morgan fingerprint density at radius 1 is 1.00 bits per heavy atom. The fourth-order valence-corrected chi connectivity index (χ4v) is 4.23. The first-order chi connectivity index (χ1) is 15.6. The van der Waals surface area contributed by atoms with Crippen molar-refractivity contribution < 1.29 is 14.3 Å². The van der Waals surface area contributed by atoms with Crippen molar-refractivity contribution in [3.63, 3.8) is 0 Å². The van der Waals surface area contributed by atoms with Crippen LogP contribution in [0.4, 0.5) is 17.3 Å². The van der Waals surface area contributed by atoms with E-state index in [9.17, 15) is 9.59 Å². The Morgan fingerprint density at radius 2 is 1.78 bits per heavy atom. The highest BCUT2D eigenvalue weighted by Crippen LogP contribution is 2.34. The summed E-state index contributed by atoms with van der Waals surface area (Å²) >= 11 is 0. The Bertz CT molecular complexity index is 1160. The van der Waals surface area contributed by atoms with Crippen LogP contribution in [0, 0.1) is 11.8 Å². The predicted molar refractivity (Wildman–Crippen MR) is 120 cm³/mol. The molecule has 32 heavy (non-hydrogen) atoms. The van der Waals surface area contributed by atoms with E-state index in [-0.39, 0.29) is 23.7 Å². The lowest BCUT2D eigenvalue weighted by atomic mass is 9.89. The molecule has 0 radical (unpaired) electrons. The van der Waals surface area contributed by atoms with Gasteiger partial charge in [0.05, 0.1) is 24.5 Å². The van der Waals surface area contributed by atoms with Gasteiger partial charge in [-0.2, -0.15) is 9.78 Å². The third-order valence-electron chi connectivity index (χ3n) is 6.18. The van der Waals surface area contributed by atoms with Crippen LogP contribution in [0.25, 0.3) is 10.9 Å². The number of methoxy groups -OCH3 is 1. The quantitative estimate of drug-likeness (QED) is 0.599. The summed E-state index contributed by atoms with van der Waals surface area (Å²) in [6.45, 7) is 0. The Balaban J connectivity index is 1.40. The number of carbonyl (C=O) groups is 2. The number of aromatic nitrogens is 4. The van der Waals surface area contributed by atoms with E-state index in [0.717, 1.165) is 49.4 Å².